The van der Waals surface area contributed by atoms with E-state index >= 15 is 0 Å². The van der Waals surface area contributed by atoms with Gasteiger partial charge in [0.2, 0.25) is 0 Å². The third-order valence-corrected chi connectivity index (χ3v) is 2.51. The molecule has 1 aliphatic rings. The molecular weight excluding hydrogens is 178 g/mol. The Morgan fingerprint density at radius 1 is 1.43 bits per heavy atom. The maximum atomic E-state index is 10.5. The van der Waals surface area contributed by atoms with E-state index in [0.29, 0.717) is 0 Å². The fourth-order valence-corrected chi connectivity index (χ4v) is 1.75. The highest BCUT2D eigenvalue weighted by Gasteiger charge is 2.11. The quantitative estimate of drug-likeness (QED) is 0.513. The fraction of sp³-hybridized carbons (Fsp3) is 0.600. The average molecular weight is 195 g/mol. The van der Waals surface area contributed by atoms with Gasteiger partial charge in [0, 0.05) is 0 Å². The Bertz CT molecular complexity index is 292. The molecule has 0 heterocycles. The predicted octanol–water partition coefficient (Wildman–Crippen LogP) is 1.92. The van der Waals surface area contributed by atoms with Gasteiger partial charge < -0.3 is 5.73 Å². The maximum Gasteiger partial charge on any atom is 0.332 e. The van der Waals surface area contributed by atoms with Gasteiger partial charge in [-0.05, 0) is 45.1 Å². The van der Waals surface area contributed by atoms with Gasteiger partial charge in [0.05, 0.1) is 5.71 Å². The molecule has 0 saturated heterocycles. The van der Waals surface area contributed by atoms with E-state index in [1.165, 1.54) is 24.0 Å². The molecule has 3 N–H and O–H groups in total. The summed E-state index contributed by atoms with van der Waals surface area (Å²) < 4.78 is 0. The molecule has 0 aromatic carbocycles. The lowest BCUT2D eigenvalue weighted by Crippen LogP contribution is -2.26. The average Bonchev–Trinajstić information content (AvgIpc) is 2.15. The molecule has 1 aliphatic carbocycles. The highest BCUT2D eigenvalue weighted by Crippen LogP contribution is 2.24. The van der Waals surface area contributed by atoms with Crippen molar-refractivity contribution in [1.29, 1.82) is 0 Å². The van der Waals surface area contributed by atoms with E-state index in [4.69, 9.17) is 5.73 Å². The minimum absolute atomic E-state index is 0.613. The number of nitrogens with zero attached hydrogens (tertiary/aromatic N) is 1. The summed E-state index contributed by atoms with van der Waals surface area (Å²) in [4.78, 5) is 10.5. The summed E-state index contributed by atoms with van der Waals surface area (Å²) in [7, 11) is 0. The molecule has 1 rings (SSSR count). The molecular formula is C10H17N3O. The Hall–Kier alpha value is -1.32. The van der Waals surface area contributed by atoms with Gasteiger partial charge in [0.15, 0.2) is 0 Å². The van der Waals surface area contributed by atoms with E-state index in [1.54, 1.807) is 0 Å². The van der Waals surface area contributed by atoms with Crippen LogP contribution in [0.25, 0.3) is 0 Å². The number of carbonyl (C=O) groups excluding carboxylic acids is 1. The number of nitrogens with two attached hydrogens (primary N) is 1. The van der Waals surface area contributed by atoms with Crippen LogP contribution in [0.1, 0.15) is 39.5 Å². The van der Waals surface area contributed by atoms with Crippen LogP contribution in [0.3, 0.4) is 0 Å². The molecule has 0 fully saturated rings. The number of carbonyl (C=O) groups is 1. The van der Waals surface area contributed by atoms with Crippen LogP contribution in [0, 0.1) is 0 Å². The summed E-state index contributed by atoms with van der Waals surface area (Å²) in [6, 6.07) is -0.613. The molecule has 4 nitrogen and oxygen atoms in total. The van der Waals surface area contributed by atoms with Gasteiger partial charge in [-0.25, -0.2) is 10.2 Å². The lowest BCUT2D eigenvalue weighted by molar-refractivity contribution is 0.249. The van der Waals surface area contributed by atoms with Gasteiger partial charge in [-0.15, -0.1) is 0 Å². The molecule has 0 radical (unpaired) electrons. The highest BCUT2D eigenvalue weighted by molar-refractivity contribution is 5.99. The van der Waals surface area contributed by atoms with Crippen molar-refractivity contribution in [2.24, 2.45) is 10.8 Å². The van der Waals surface area contributed by atoms with Crippen LogP contribution in [-0.4, -0.2) is 11.7 Å². The van der Waals surface area contributed by atoms with E-state index in [0.717, 1.165) is 18.6 Å². The van der Waals surface area contributed by atoms with Crippen molar-refractivity contribution in [2.45, 2.75) is 39.5 Å². The zero-order chi connectivity index (χ0) is 10.6. The van der Waals surface area contributed by atoms with E-state index in [-0.39, 0.29) is 0 Å². The van der Waals surface area contributed by atoms with Gasteiger partial charge in [-0.2, -0.15) is 5.10 Å². The van der Waals surface area contributed by atoms with E-state index in [2.05, 4.69) is 17.5 Å². The topological polar surface area (TPSA) is 67.5 Å². The van der Waals surface area contributed by atoms with Crippen LogP contribution in [-0.2, 0) is 0 Å². The number of hydrogen-bond acceptors (Lipinski definition) is 2. The molecule has 0 atom stereocenters. The number of urea groups is 1. The largest absolute Gasteiger partial charge is 0.350 e. The number of primary amides is 1. The molecule has 0 spiro atoms. The summed E-state index contributed by atoms with van der Waals surface area (Å²) in [6.45, 7) is 4.03. The Kier molecular flexibility index (Phi) is 3.68. The second kappa shape index (κ2) is 4.79. The van der Waals surface area contributed by atoms with Crippen molar-refractivity contribution in [3.05, 3.63) is 11.1 Å². The van der Waals surface area contributed by atoms with Crippen LogP contribution >= 0.6 is 0 Å². The number of hydrogen-bond donors (Lipinski definition) is 2. The van der Waals surface area contributed by atoms with Crippen LogP contribution in [0.5, 0.6) is 0 Å². The first-order valence-corrected chi connectivity index (χ1v) is 4.90. The van der Waals surface area contributed by atoms with Crippen LogP contribution in [0.15, 0.2) is 16.2 Å². The standard InChI is InChI=1S/C10H17N3O/c1-7-5-3-4-6-9(7)8(2)12-13-10(11)14/h3-6H2,1-2H3,(H3,11,13,14)/b12-8-. The predicted molar refractivity (Wildman–Crippen MR) is 57.0 cm³/mol. The Balaban J connectivity index is 2.71. The molecule has 78 valence electrons. The van der Waals surface area contributed by atoms with E-state index in [9.17, 15) is 4.79 Å². The third kappa shape index (κ3) is 2.87. The van der Waals surface area contributed by atoms with Crippen molar-refractivity contribution < 1.29 is 4.79 Å². The summed E-state index contributed by atoms with van der Waals surface area (Å²) in [5, 5.41) is 3.93. The second-order valence-electron chi connectivity index (χ2n) is 3.64. The number of amides is 2. The van der Waals surface area contributed by atoms with Gasteiger partial charge in [-0.3, -0.25) is 0 Å². The van der Waals surface area contributed by atoms with Crippen molar-refractivity contribution in [3.8, 4) is 0 Å². The first-order valence-electron chi connectivity index (χ1n) is 4.90. The molecule has 4 heteroatoms. The van der Waals surface area contributed by atoms with Crippen molar-refractivity contribution in [3.63, 3.8) is 0 Å². The Morgan fingerprint density at radius 2 is 2.07 bits per heavy atom. The highest BCUT2D eigenvalue weighted by atomic mass is 16.2. The van der Waals surface area contributed by atoms with Crippen LogP contribution in [0.4, 0.5) is 4.79 Å². The number of hydrazone groups is 1. The molecule has 0 unspecified atom stereocenters. The maximum absolute atomic E-state index is 10.5. The monoisotopic (exact) mass is 195 g/mol. The molecule has 14 heavy (non-hydrogen) atoms. The summed E-state index contributed by atoms with van der Waals surface area (Å²) in [5.74, 6) is 0. The Morgan fingerprint density at radius 3 is 2.64 bits per heavy atom. The van der Waals surface area contributed by atoms with E-state index < -0.39 is 6.03 Å². The molecule has 0 aromatic heterocycles. The molecule has 0 aromatic rings. The molecule has 0 bridgehead atoms. The zero-order valence-corrected chi connectivity index (χ0v) is 8.76. The van der Waals surface area contributed by atoms with Crippen molar-refractivity contribution in [1.82, 2.24) is 5.43 Å². The van der Waals surface area contributed by atoms with Crippen LogP contribution < -0.4 is 11.2 Å². The summed E-state index contributed by atoms with van der Waals surface area (Å²) in [6.07, 6.45) is 4.66. The van der Waals surface area contributed by atoms with Gasteiger partial charge in [0.1, 0.15) is 0 Å². The summed E-state index contributed by atoms with van der Waals surface area (Å²) in [5.41, 5.74) is 10.7. The first kappa shape index (κ1) is 10.8. The van der Waals surface area contributed by atoms with Gasteiger partial charge >= 0.3 is 6.03 Å². The van der Waals surface area contributed by atoms with Crippen molar-refractivity contribution in [2.75, 3.05) is 0 Å². The Labute approximate surface area is 84.2 Å². The summed E-state index contributed by atoms with van der Waals surface area (Å²) >= 11 is 0. The number of rotatable bonds is 2. The molecule has 0 saturated carbocycles. The fourth-order valence-electron chi connectivity index (χ4n) is 1.75. The first-order chi connectivity index (χ1) is 6.61. The van der Waals surface area contributed by atoms with E-state index in [1.807, 2.05) is 6.92 Å². The smallest absolute Gasteiger partial charge is 0.332 e. The lowest BCUT2D eigenvalue weighted by Gasteiger charge is -2.17. The molecule has 2 amide bonds. The zero-order valence-electron chi connectivity index (χ0n) is 8.76. The third-order valence-electron chi connectivity index (χ3n) is 2.51. The van der Waals surface area contributed by atoms with Gasteiger partial charge in [0.25, 0.3) is 0 Å². The van der Waals surface area contributed by atoms with Gasteiger partial charge in [-0.1, -0.05) is 5.57 Å². The second-order valence-corrected chi connectivity index (χ2v) is 3.64. The van der Waals surface area contributed by atoms with Crippen molar-refractivity contribution >= 4 is 11.7 Å². The minimum atomic E-state index is -0.613. The van der Waals surface area contributed by atoms with Crippen LogP contribution in [0.2, 0.25) is 0 Å². The minimum Gasteiger partial charge on any atom is -0.350 e. The number of allylic oxidation sites excluding steroid dienone is 2. The lowest BCUT2D eigenvalue weighted by atomic mass is 9.90. The number of nitrogens with one attached hydrogen (secondary N) is 1. The normalized spacial score (nSPS) is 18.3. The SMILES string of the molecule is CC1=C(/C(C)=N\NC(N)=O)CCCC1. The molecule has 0 aliphatic heterocycles.